The Morgan fingerprint density at radius 3 is 2.89 bits per heavy atom. The first kappa shape index (κ1) is 11.7. The highest BCUT2D eigenvalue weighted by atomic mass is 16.5. The molecule has 2 saturated heterocycles. The third-order valence-corrected chi connectivity index (χ3v) is 3.71. The van der Waals surface area contributed by atoms with Crippen LogP contribution >= 0.6 is 0 Å². The molecule has 2 unspecified atom stereocenters. The lowest BCUT2D eigenvalue weighted by molar-refractivity contribution is -0.133. The lowest BCUT2D eigenvalue weighted by Gasteiger charge is -2.31. The summed E-state index contributed by atoms with van der Waals surface area (Å²) < 4.78 is 5.61. The number of hydrogen-bond donors (Lipinski definition) is 0. The van der Waals surface area contributed by atoms with Crippen molar-refractivity contribution in [1.29, 1.82) is 0 Å². The Bertz CT molecular complexity index is 455. The zero-order valence-electron chi connectivity index (χ0n) is 10.8. The monoisotopic (exact) mass is 246 g/mol. The van der Waals surface area contributed by atoms with Crippen molar-refractivity contribution in [2.24, 2.45) is 0 Å². The lowest BCUT2D eigenvalue weighted by atomic mass is 10.1. The number of carbonyl (C=O) groups is 1. The molecule has 0 aliphatic carbocycles. The molecule has 2 fully saturated rings. The predicted molar refractivity (Wildman–Crippen MR) is 68.6 cm³/mol. The molecule has 0 radical (unpaired) electrons. The number of rotatable bonds is 2. The van der Waals surface area contributed by atoms with E-state index in [1.54, 1.807) is 6.20 Å². The Morgan fingerprint density at radius 2 is 2.22 bits per heavy atom. The molecule has 0 spiro atoms. The van der Waals surface area contributed by atoms with Crippen LogP contribution in [-0.4, -0.2) is 29.6 Å². The highest BCUT2D eigenvalue weighted by molar-refractivity contribution is 5.97. The molecule has 1 aromatic heterocycles. The minimum atomic E-state index is -0.228. The summed E-state index contributed by atoms with van der Waals surface area (Å²) in [4.78, 5) is 18.4. The number of pyridine rings is 1. The standard InChI is InChI=1S/C14H18N2O2/c1-9(2)12-5-3-10(7-15-12)16-8-11-4-6-13(18-11)14(16)17/h3,5,7,9,11,13H,4,6,8H2,1-2H3. The third kappa shape index (κ3) is 1.90. The molecule has 4 heteroatoms. The van der Waals surface area contributed by atoms with Gasteiger partial charge in [-0.25, -0.2) is 0 Å². The molecule has 0 aromatic carbocycles. The van der Waals surface area contributed by atoms with Gasteiger partial charge in [-0.15, -0.1) is 0 Å². The van der Waals surface area contributed by atoms with E-state index in [0.717, 1.165) is 24.2 Å². The van der Waals surface area contributed by atoms with E-state index in [4.69, 9.17) is 4.74 Å². The molecule has 4 nitrogen and oxygen atoms in total. The molecule has 3 heterocycles. The zero-order valence-corrected chi connectivity index (χ0v) is 10.8. The van der Waals surface area contributed by atoms with Gasteiger partial charge in [-0.2, -0.15) is 0 Å². The first-order valence-electron chi connectivity index (χ1n) is 6.58. The number of carbonyl (C=O) groups excluding carboxylic acids is 1. The number of amides is 1. The van der Waals surface area contributed by atoms with Gasteiger partial charge in [-0.3, -0.25) is 9.78 Å². The van der Waals surface area contributed by atoms with Gasteiger partial charge in [0, 0.05) is 5.69 Å². The van der Waals surface area contributed by atoms with E-state index in [2.05, 4.69) is 18.8 Å². The van der Waals surface area contributed by atoms with Crippen molar-refractivity contribution in [2.45, 2.75) is 44.8 Å². The van der Waals surface area contributed by atoms with Crippen LogP contribution < -0.4 is 4.90 Å². The van der Waals surface area contributed by atoms with Gasteiger partial charge >= 0.3 is 0 Å². The SMILES string of the molecule is CC(C)c1ccc(N2CC3CCC(O3)C2=O)cn1. The average Bonchev–Trinajstić information content (AvgIpc) is 2.78. The fraction of sp³-hybridized carbons (Fsp3) is 0.571. The zero-order chi connectivity index (χ0) is 12.7. The molecule has 1 aromatic rings. The maximum absolute atomic E-state index is 12.2. The fourth-order valence-corrected chi connectivity index (χ4v) is 2.62. The number of nitrogens with zero attached hydrogens (tertiary/aromatic N) is 2. The quantitative estimate of drug-likeness (QED) is 0.802. The van der Waals surface area contributed by atoms with E-state index >= 15 is 0 Å². The van der Waals surface area contributed by atoms with Crippen molar-refractivity contribution in [1.82, 2.24) is 4.98 Å². The van der Waals surface area contributed by atoms with Crippen LogP contribution in [0.2, 0.25) is 0 Å². The van der Waals surface area contributed by atoms with Crippen LogP contribution in [0.5, 0.6) is 0 Å². The Morgan fingerprint density at radius 1 is 1.39 bits per heavy atom. The van der Waals surface area contributed by atoms with E-state index in [1.165, 1.54) is 0 Å². The summed E-state index contributed by atoms with van der Waals surface area (Å²) in [5.74, 6) is 0.499. The maximum atomic E-state index is 12.2. The summed E-state index contributed by atoms with van der Waals surface area (Å²) in [6.07, 6.45) is 3.63. The summed E-state index contributed by atoms with van der Waals surface area (Å²) in [6, 6.07) is 4.00. The first-order valence-corrected chi connectivity index (χ1v) is 6.58. The summed E-state index contributed by atoms with van der Waals surface area (Å²) in [5, 5.41) is 0. The van der Waals surface area contributed by atoms with Crippen LogP contribution in [0.4, 0.5) is 5.69 Å². The largest absolute Gasteiger partial charge is 0.363 e. The summed E-state index contributed by atoms with van der Waals surface area (Å²) in [7, 11) is 0. The van der Waals surface area contributed by atoms with E-state index in [0.29, 0.717) is 12.5 Å². The molecule has 3 rings (SSSR count). The van der Waals surface area contributed by atoms with Gasteiger partial charge in [0.1, 0.15) is 6.10 Å². The Labute approximate surface area is 107 Å². The molecule has 1 amide bonds. The van der Waals surface area contributed by atoms with Crippen LogP contribution in [-0.2, 0) is 9.53 Å². The normalized spacial score (nSPS) is 27.1. The van der Waals surface area contributed by atoms with Crippen LogP contribution in [0, 0.1) is 0 Å². The van der Waals surface area contributed by atoms with Crippen LogP contribution in [0.15, 0.2) is 18.3 Å². The lowest BCUT2D eigenvalue weighted by Crippen LogP contribution is -2.47. The second-order valence-electron chi connectivity index (χ2n) is 5.37. The molecule has 96 valence electrons. The van der Waals surface area contributed by atoms with Gasteiger partial charge in [-0.1, -0.05) is 13.8 Å². The van der Waals surface area contributed by atoms with Gasteiger partial charge in [0.2, 0.25) is 0 Å². The predicted octanol–water partition coefficient (Wildman–Crippen LogP) is 2.10. The summed E-state index contributed by atoms with van der Waals surface area (Å²) in [6.45, 7) is 4.89. The van der Waals surface area contributed by atoms with Crippen molar-refractivity contribution in [3.05, 3.63) is 24.0 Å². The summed E-state index contributed by atoms with van der Waals surface area (Å²) >= 11 is 0. The van der Waals surface area contributed by atoms with Crippen LogP contribution in [0.3, 0.4) is 0 Å². The number of ether oxygens (including phenoxy) is 1. The first-order chi connectivity index (χ1) is 8.65. The average molecular weight is 246 g/mol. The maximum Gasteiger partial charge on any atom is 0.256 e. The number of anilines is 1. The van der Waals surface area contributed by atoms with Gasteiger partial charge in [0.15, 0.2) is 0 Å². The Kier molecular flexibility index (Phi) is 2.82. The molecular weight excluding hydrogens is 228 g/mol. The van der Waals surface area contributed by atoms with Crippen molar-refractivity contribution in [2.75, 3.05) is 11.4 Å². The Hall–Kier alpha value is -1.42. The van der Waals surface area contributed by atoms with Gasteiger partial charge < -0.3 is 9.64 Å². The van der Waals surface area contributed by atoms with E-state index in [-0.39, 0.29) is 18.1 Å². The molecule has 0 N–H and O–H groups in total. The van der Waals surface area contributed by atoms with Crippen molar-refractivity contribution >= 4 is 11.6 Å². The van der Waals surface area contributed by atoms with Crippen molar-refractivity contribution in [3.8, 4) is 0 Å². The molecule has 18 heavy (non-hydrogen) atoms. The molecule has 2 atom stereocenters. The molecule has 2 bridgehead atoms. The summed E-state index contributed by atoms with van der Waals surface area (Å²) in [5.41, 5.74) is 1.95. The number of aromatic nitrogens is 1. The van der Waals surface area contributed by atoms with Gasteiger partial charge in [-0.05, 0) is 30.9 Å². The second kappa shape index (κ2) is 4.35. The van der Waals surface area contributed by atoms with Gasteiger partial charge in [0.25, 0.3) is 5.91 Å². The minimum Gasteiger partial charge on any atom is -0.363 e. The highest BCUT2D eigenvalue weighted by Crippen LogP contribution is 2.30. The number of fused-ring (bicyclic) bond motifs is 2. The van der Waals surface area contributed by atoms with E-state index in [1.807, 2.05) is 17.0 Å². The Balaban J connectivity index is 1.84. The molecule has 2 aliphatic heterocycles. The fourth-order valence-electron chi connectivity index (χ4n) is 2.62. The second-order valence-corrected chi connectivity index (χ2v) is 5.37. The van der Waals surface area contributed by atoms with Gasteiger partial charge in [0.05, 0.1) is 24.5 Å². The molecule has 0 saturated carbocycles. The third-order valence-electron chi connectivity index (χ3n) is 3.71. The highest BCUT2D eigenvalue weighted by Gasteiger charge is 2.40. The van der Waals surface area contributed by atoms with E-state index in [9.17, 15) is 4.79 Å². The van der Waals surface area contributed by atoms with Crippen molar-refractivity contribution < 1.29 is 9.53 Å². The van der Waals surface area contributed by atoms with E-state index < -0.39 is 0 Å². The number of hydrogen-bond acceptors (Lipinski definition) is 3. The van der Waals surface area contributed by atoms with Crippen LogP contribution in [0.1, 0.15) is 38.3 Å². The van der Waals surface area contributed by atoms with Crippen LogP contribution in [0.25, 0.3) is 0 Å². The molecule has 2 aliphatic rings. The molecular formula is C14H18N2O2. The smallest absolute Gasteiger partial charge is 0.256 e. The minimum absolute atomic E-state index is 0.0860. The number of morpholine rings is 1. The van der Waals surface area contributed by atoms with Crippen molar-refractivity contribution in [3.63, 3.8) is 0 Å². The topological polar surface area (TPSA) is 42.4 Å².